The number of fused-ring (bicyclic) bond motifs is 1. The van der Waals surface area contributed by atoms with E-state index in [9.17, 15) is 13.2 Å². The molecule has 1 N–H and O–H groups in total. The average molecular weight is 498 g/mol. The second-order valence-electron chi connectivity index (χ2n) is 7.78. The maximum absolute atomic E-state index is 12.6. The van der Waals surface area contributed by atoms with E-state index in [-0.39, 0.29) is 35.2 Å². The van der Waals surface area contributed by atoms with Crippen LogP contribution in [0.5, 0.6) is 0 Å². The molecule has 10 heteroatoms. The van der Waals surface area contributed by atoms with Crippen molar-refractivity contribution in [1.29, 1.82) is 0 Å². The predicted octanol–water partition coefficient (Wildman–Crippen LogP) is 4.32. The van der Waals surface area contributed by atoms with Gasteiger partial charge in [0.2, 0.25) is 5.91 Å². The second-order valence-corrected chi connectivity index (χ2v) is 11.7. The summed E-state index contributed by atoms with van der Waals surface area (Å²) in [6.45, 7) is 3.91. The molecule has 1 saturated heterocycles. The Morgan fingerprint density at radius 2 is 1.87 bits per heavy atom. The fourth-order valence-electron chi connectivity index (χ4n) is 3.80. The Morgan fingerprint density at radius 3 is 2.58 bits per heavy atom. The zero-order chi connectivity index (χ0) is 22.3. The normalized spacial score (nSPS) is 21.7. The van der Waals surface area contributed by atoms with E-state index in [1.54, 1.807) is 18.2 Å². The van der Waals surface area contributed by atoms with Crippen molar-refractivity contribution in [2.75, 3.05) is 27.5 Å². The molecule has 1 fully saturated rings. The average Bonchev–Trinajstić information content (AvgIpc) is 3.13. The lowest BCUT2D eigenvalue weighted by molar-refractivity contribution is -0.113. The quantitative estimate of drug-likeness (QED) is 0.679. The van der Waals surface area contributed by atoms with Gasteiger partial charge in [0.05, 0.1) is 29.3 Å². The van der Waals surface area contributed by atoms with Gasteiger partial charge in [-0.1, -0.05) is 47.1 Å². The smallest absolute Gasteiger partial charge is 0.234 e. The van der Waals surface area contributed by atoms with Gasteiger partial charge >= 0.3 is 0 Å². The molecule has 2 aromatic carbocycles. The maximum atomic E-state index is 12.6. The highest BCUT2D eigenvalue weighted by molar-refractivity contribution is 8.14. The Hall–Kier alpha value is -1.74. The lowest BCUT2D eigenvalue weighted by atomic mass is 10.1. The molecule has 0 bridgehead atoms. The van der Waals surface area contributed by atoms with Crippen LogP contribution in [0.3, 0.4) is 0 Å². The van der Waals surface area contributed by atoms with Crippen LogP contribution < -0.4 is 10.2 Å². The molecular weight excluding hydrogens is 477 g/mol. The Morgan fingerprint density at radius 1 is 1.16 bits per heavy atom. The van der Waals surface area contributed by atoms with Crippen molar-refractivity contribution in [3.05, 3.63) is 57.6 Å². The van der Waals surface area contributed by atoms with Gasteiger partial charge in [-0.25, -0.2) is 8.42 Å². The number of aliphatic imine (C=N–C) groups is 1. The maximum Gasteiger partial charge on any atom is 0.234 e. The summed E-state index contributed by atoms with van der Waals surface area (Å²) in [6, 6.07) is 10.3. The van der Waals surface area contributed by atoms with E-state index < -0.39 is 9.84 Å². The van der Waals surface area contributed by atoms with Crippen LogP contribution >= 0.6 is 35.0 Å². The van der Waals surface area contributed by atoms with Crippen LogP contribution in [0.25, 0.3) is 0 Å². The summed E-state index contributed by atoms with van der Waals surface area (Å²) in [6.07, 6.45) is 0. The van der Waals surface area contributed by atoms with Crippen LogP contribution in [-0.4, -0.2) is 48.8 Å². The zero-order valence-corrected chi connectivity index (χ0v) is 20.1. The first kappa shape index (κ1) is 22.5. The molecular formula is C21H21Cl2N3O3S2. The van der Waals surface area contributed by atoms with Crippen LogP contribution in [0.4, 0.5) is 11.4 Å². The number of halogens is 2. The lowest BCUT2D eigenvalue weighted by Gasteiger charge is -2.26. The van der Waals surface area contributed by atoms with Crippen molar-refractivity contribution in [3.63, 3.8) is 0 Å². The highest BCUT2D eigenvalue weighted by Crippen LogP contribution is 2.37. The first-order chi connectivity index (χ1) is 14.6. The molecule has 6 nitrogen and oxygen atoms in total. The van der Waals surface area contributed by atoms with Gasteiger partial charge in [0.25, 0.3) is 0 Å². The topological polar surface area (TPSA) is 78.8 Å². The van der Waals surface area contributed by atoms with Gasteiger partial charge in [-0.05, 0) is 49.2 Å². The van der Waals surface area contributed by atoms with Crippen LogP contribution in [0.1, 0.15) is 11.1 Å². The van der Waals surface area contributed by atoms with Gasteiger partial charge in [-0.15, -0.1) is 0 Å². The SMILES string of the molecule is Cc1ccc(C)c(NC(=O)CSC2=N[C@H]3CS(=O)(=O)C[C@H]3N2c2cc(Cl)cc(Cl)c2)c1. The number of carbonyl (C=O) groups excluding carboxylic acids is 1. The van der Waals surface area contributed by atoms with Gasteiger partial charge in [-0.2, -0.15) is 0 Å². The van der Waals surface area contributed by atoms with Crippen LogP contribution in [0.15, 0.2) is 41.4 Å². The van der Waals surface area contributed by atoms with E-state index in [0.29, 0.717) is 20.9 Å². The fraction of sp³-hybridized carbons (Fsp3) is 0.333. The standard InChI is InChI=1S/C21H21Cl2N3O3S2/c1-12-3-4-13(2)17(5-12)24-20(27)9-30-21-25-18-10-31(28,29)11-19(18)26(21)16-7-14(22)6-15(23)8-16/h3-8,18-19H,9-11H2,1-2H3,(H,24,27)/t18-,19+/m0/s1. The predicted molar refractivity (Wildman–Crippen MR) is 130 cm³/mol. The van der Waals surface area contributed by atoms with Gasteiger partial charge in [-0.3, -0.25) is 9.79 Å². The molecule has 0 unspecified atom stereocenters. The van der Waals surface area contributed by atoms with Crippen molar-refractivity contribution in [1.82, 2.24) is 0 Å². The number of amidine groups is 1. The molecule has 2 heterocycles. The van der Waals surface area contributed by atoms with Crippen molar-refractivity contribution >= 4 is 67.3 Å². The molecule has 0 aromatic heterocycles. The summed E-state index contributed by atoms with van der Waals surface area (Å²) in [4.78, 5) is 19.1. The Balaban J connectivity index is 1.54. The number of nitrogens with zero attached hydrogens (tertiary/aromatic N) is 2. The number of benzene rings is 2. The monoisotopic (exact) mass is 497 g/mol. The van der Waals surface area contributed by atoms with Gasteiger partial charge in [0.1, 0.15) is 0 Å². The summed E-state index contributed by atoms with van der Waals surface area (Å²) in [7, 11) is -3.17. The minimum absolute atomic E-state index is 0.00120. The number of sulfone groups is 1. The van der Waals surface area contributed by atoms with E-state index in [2.05, 4.69) is 10.3 Å². The number of amides is 1. The number of nitrogens with one attached hydrogen (secondary N) is 1. The number of thioether (sulfide) groups is 1. The number of rotatable bonds is 4. The van der Waals surface area contributed by atoms with E-state index in [4.69, 9.17) is 23.2 Å². The molecule has 1 amide bonds. The van der Waals surface area contributed by atoms with Crippen LogP contribution in [0.2, 0.25) is 10.0 Å². The lowest BCUT2D eigenvalue weighted by Crippen LogP contribution is -2.39. The first-order valence-electron chi connectivity index (χ1n) is 9.65. The number of carbonyl (C=O) groups is 1. The van der Waals surface area contributed by atoms with E-state index in [1.165, 1.54) is 11.8 Å². The van der Waals surface area contributed by atoms with Gasteiger partial charge in [0.15, 0.2) is 15.0 Å². The Labute approximate surface area is 195 Å². The van der Waals surface area contributed by atoms with Crippen LogP contribution in [0, 0.1) is 13.8 Å². The summed E-state index contributed by atoms with van der Waals surface area (Å²) >= 11 is 13.6. The molecule has 2 atom stereocenters. The molecule has 0 aliphatic carbocycles. The fourth-order valence-corrected chi connectivity index (χ4v) is 7.08. The first-order valence-corrected chi connectivity index (χ1v) is 13.2. The minimum atomic E-state index is -3.17. The summed E-state index contributed by atoms with van der Waals surface area (Å²) in [5.74, 6) is -0.00999. The van der Waals surface area contributed by atoms with Gasteiger partial charge < -0.3 is 10.2 Å². The number of anilines is 2. The summed E-state index contributed by atoms with van der Waals surface area (Å²) in [5, 5.41) is 4.43. The molecule has 0 saturated carbocycles. The highest BCUT2D eigenvalue weighted by atomic mass is 35.5. The molecule has 4 rings (SSSR count). The van der Waals surface area contributed by atoms with Crippen LogP contribution in [-0.2, 0) is 14.6 Å². The summed E-state index contributed by atoms with van der Waals surface area (Å²) < 4.78 is 24.3. The molecule has 0 radical (unpaired) electrons. The van der Waals surface area contributed by atoms with E-state index >= 15 is 0 Å². The van der Waals surface area contributed by atoms with E-state index in [0.717, 1.165) is 16.8 Å². The zero-order valence-electron chi connectivity index (χ0n) is 16.9. The van der Waals surface area contributed by atoms with Crippen molar-refractivity contribution in [2.24, 2.45) is 4.99 Å². The van der Waals surface area contributed by atoms with Gasteiger partial charge in [0, 0.05) is 21.4 Å². The third kappa shape index (κ3) is 5.03. The molecule has 2 aromatic rings. The van der Waals surface area contributed by atoms with E-state index in [1.807, 2.05) is 36.9 Å². The summed E-state index contributed by atoms with van der Waals surface area (Å²) in [5.41, 5.74) is 3.49. The molecule has 2 aliphatic heterocycles. The third-order valence-electron chi connectivity index (χ3n) is 5.23. The molecule has 31 heavy (non-hydrogen) atoms. The minimum Gasteiger partial charge on any atom is -0.325 e. The Bertz CT molecular complexity index is 1160. The second kappa shape index (κ2) is 8.65. The number of hydrogen-bond donors (Lipinski definition) is 1. The largest absolute Gasteiger partial charge is 0.325 e. The van der Waals surface area contributed by atoms with Crippen molar-refractivity contribution < 1.29 is 13.2 Å². The Kier molecular flexibility index (Phi) is 6.27. The number of hydrogen-bond acceptors (Lipinski definition) is 6. The molecule has 2 aliphatic rings. The third-order valence-corrected chi connectivity index (χ3v) is 8.33. The number of aryl methyl sites for hydroxylation is 2. The molecule has 0 spiro atoms. The van der Waals surface area contributed by atoms with Crippen molar-refractivity contribution in [2.45, 2.75) is 25.9 Å². The molecule has 164 valence electrons. The van der Waals surface area contributed by atoms with Crippen molar-refractivity contribution in [3.8, 4) is 0 Å². The highest BCUT2D eigenvalue weighted by Gasteiger charge is 2.47.